The lowest BCUT2D eigenvalue weighted by Gasteiger charge is -2.33. The first-order valence-corrected chi connectivity index (χ1v) is 9.52. The lowest BCUT2D eigenvalue weighted by Crippen LogP contribution is -2.38. The summed E-state index contributed by atoms with van der Waals surface area (Å²) in [5.41, 5.74) is 9.17. The molecule has 0 bridgehead atoms. The Bertz CT molecular complexity index is 1140. The van der Waals surface area contributed by atoms with Gasteiger partial charge < -0.3 is 15.2 Å². The van der Waals surface area contributed by atoms with Crippen molar-refractivity contribution in [2.75, 3.05) is 7.11 Å². The zero-order valence-electron chi connectivity index (χ0n) is 15.6. The largest absolute Gasteiger partial charge is 0.495 e. The maximum Gasteiger partial charge on any atom is 0.142 e. The van der Waals surface area contributed by atoms with E-state index in [1.54, 1.807) is 12.1 Å². The molecular weight excluding hydrogens is 374 g/mol. The van der Waals surface area contributed by atoms with Gasteiger partial charge in [0.1, 0.15) is 29.5 Å². The Morgan fingerprint density at radius 1 is 1.29 bits per heavy atom. The molecule has 0 radical (unpaired) electrons. The Morgan fingerprint density at radius 2 is 2.07 bits per heavy atom. The minimum Gasteiger partial charge on any atom is -0.495 e. The molecule has 0 fully saturated rings. The van der Waals surface area contributed by atoms with Crippen LogP contribution in [0.1, 0.15) is 28.4 Å². The molecule has 4 rings (SSSR count). The SMILES string of the molecule is COc1cc2c3c(ccc2cc1C#N)O[C@H](c1cc(P)c(C)cc1F)[C@@H](N)C3. The van der Waals surface area contributed by atoms with Gasteiger partial charge in [0.05, 0.1) is 18.7 Å². The van der Waals surface area contributed by atoms with E-state index in [-0.39, 0.29) is 5.82 Å². The third kappa shape index (κ3) is 2.99. The number of fused-ring (bicyclic) bond motifs is 3. The Balaban J connectivity index is 1.82. The fourth-order valence-corrected chi connectivity index (χ4v) is 4.02. The fraction of sp³-hybridized carbons (Fsp3) is 0.227. The third-order valence-corrected chi connectivity index (χ3v) is 5.93. The van der Waals surface area contributed by atoms with Gasteiger partial charge in [0, 0.05) is 11.1 Å². The predicted octanol–water partition coefficient (Wildman–Crippen LogP) is 3.67. The topological polar surface area (TPSA) is 68.3 Å². The van der Waals surface area contributed by atoms with Gasteiger partial charge in [-0.15, -0.1) is 9.24 Å². The smallest absolute Gasteiger partial charge is 0.142 e. The van der Waals surface area contributed by atoms with E-state index < -0.39 is 12.1 Å². The summed E-state index contributed by atoms with van der Waals surface area (Å²) in [6.07, 6.45) is -0.0311. The first-order valence-electron chi connectivity index (χ1n) is 8.94. The molecule has 0 saturated carbocycles. The molecule has 1 heterocycles. The van der Waals surface area contributed by atoms with Crippen LogP contribution in [0.2, 0.25) is 0 Å². The number of benzene rings is 3. The van der Waals surface area contributed by atoms with Crippen LogP contribution >= 0.6 is 9.24 Å². The number of nitriles is 1. The lowest BCUT2D eigenvalue weighted by atomic mass is 9.89. The van der Waals surface area contributed by atoms with Crippen LogP contribution in [0.15, 0.2) is 36.4 Å². The maximum atomic E-state index is 14.6. The number of hydrogen-bond donors (Lipinski definition) is 1. The Kier molecular flexibility index (Phi) is 4.71. The summed E-state index contributed by atoms with van der Waals surface area (Å²) in [7, 11) is 4.16. The molecule has 0 amide bonds. The van der Waals surface area contributed by atoms with Crippen LogP contribution in [0, 0.1) is 24.1 Å². The number of methoxy groups -OCH3 is 1. The summed E-state index contributed by atoms with van der Waals surface area (Å²) >= 11 is 0. The van der Waals surface area contributed by atoms with Gasteiger partial charge in [-0.05, 0) is 65.3 Å². The summed E-state index contributed by atoms with van der Waals surface area (Å²) in [5.74, 6) is 0.876. The van der Waals surface area contributed by atoms with E-state index in [1.807, 2.05) is 25.1 Å². The summed E-state index contributed by atoms with van der Waals surface area (Å²) in [6, 6.07) is 12.4. The lowest BCUT2D eigenvalue weighted by molar-refractivity contribution is 0.150. The zero-order valence-corrected chi connectivity index (χ0v) is 16.8. The predicted molar refractivity (Wildman–Crippen MR) is 111 cm³/mol. The highest BCUT2D eigenvalue weighted by molar-refractivity contribution is 7.27. The van der Waals surface area contributed by atoms with Crippen LogP contribution in [0.25, 0.3) is 10.8 Å². The van der Waals surface area contributed by atoms with Crippen LogP contribution in [0.3, 0.4) is 0 Å². The van der Waals surface area contributed by atoms with Gasteiger partial charge in [-0.2, -0.15) is 5.26 Å². The van der Waals surface area contributed by atoms with Crippen LogP contribution < -0.4 is 20.5 Å². The molecule has 0 aromatic heterocycles. The van der Waals surface area contributed by atoms with Gasteiger partial charge in [-0.3, -0.25) is 0 Å². The van der Waals surface area contributed by atoms with Crippen LogP contribution in [0.4, 0.5) is 4.39 Å². The fourth-order valence-electron chi connectivity index (χ4n) is 3.76. The highest BCUT2D eigenvalue weighted by Gasteiger charge is 2.32. The first kappa shape index (κ1) is 18.7. The van der Waals surface area contributed by atoms with Gasteiger partial charge >= 0.3 is 0 Å². The monoisotopic (exact) mass is 394 g/mol. The molecule has 4 nitrogen and oxygen atoms in total. The van der Waals surface area contributed by atoms with Crippen molar-refractivity contribution in [3.05, 3.63) is 64.5 Å². The van der Waals surface area contributed by atoms with Crippen molar-refractivity contribution in [1.29, 1.82) is 5.26 Å². The summed E-state index contributed by atoms with van der Waals surface area (Å²) in [5, 5.41) is 12.1. The summed E-state index contributed by atoms with van der Waals surface area (Å²) in [6.45, 7) is 1.86. The van der Waals surface area contributed by atoms with Crippen LogP contribution in [-0.2, 0) is 6.42 Å². The minimum atomic E-state index is -0.565. The molecule has 0 saturated heterocycles. The summed E-state index contributed by atoms with van der Waals surface area (Å²) < 4.78 is 26.1. The van der Waals surface area contributed by atoms with E-state index >= 15 is 0 Å². The summed E-state index contributed by atoms with van der Waals surface area (Å²) in [4.78, 5) is 0. The number of hydrogen-bond acceptors (Lipinski definition) is 4. The molecule has 3 atom stereocenters. The second-order valence-electron chi connectivity index (χ2n) is 7.06. The highest BCUT2D eigenvalue weighted by Crippen LogP contribution is 2.40. The number of rotatable bonds is 2. The van der Waals surface area contributed by atoms with Gasteiger partial charge in [0.15, 0.2) is 0 Å². The van der Waals surface area contributed by atoms with Crippen molar-refractivity contribution in [2.45, 2.75) is 25.5 Å². The van der Waals surface area contributed by atoms with Crippen molar-refractivity contribution in [1.82, 2.24) is 0 Å². The van der Waals surface area contributed by atoms with E-state index in [9.17, 15) is 9.65 Å². The molecular formula is C22H20FN2O2P. The standard InChI is InChI=1S/C22H20FN2O2P/c1-11-5-17(23)16(9-21(11)28)22-18(25)7-15-14-8-20(26-2)13(10-24)6-12(14)3-4-19(15)27-22/h3-6,8-9,18,22H,7,25,28H2,1-2H3/t18-,22+/m0/s1. The van der Waals surface area contributed by atoms with Crippen molar-refractivity contribution in [3.8, 4) is 17.6 Å². The number of nitrogens with zero attached hydrogens (tertiary/aromatic N) is 1. The van der Waals surface area contributed by atoms with E-state index in [2.05, 4.69) is 15.3 Å². The highest BCUT2D eigenvalue weighted by atomic mass is 31.0. The van der Waals surface area contributed by atoms with Crippen molar-refractivity contribution in [3.63, 3.8) is 0 Å². The second kappa shape index (κ2) is 7.05. The maximum absolute atomic E-state index is 14.6. The Morgan fingerprint density at radius 3 is 2.79 bits per heavy atom. The molecule has 28 heavy (non-hydrogen) atoms. The molecule has 142 valence electrons. The van der Waals surface area contributed by atoms with E-state index in [0.29, 0.717) is 29.0 Å². The van der Waals surface area contributed by atoms with E-state index in [1.165, 1.54) is 13.2 Å². The molecule has 1 aliphatic rings. The quantitative estimate of drug-likeness (QED) is 0.674. The normalized spacial score (nSPS) is 18.3. The van der Waals surface area contributed by atoms with Gasteiger partial charge in [0.25, 0.3) is 0 Å². The number of halogens is 1. The van der Waals surface area contributed by atoms with Crippen molar-refractivity contribution >= 4 is 25.3 Å². The molecule has 0 spiro atoms. The molecule has 0 aliphatic carbocycles. The number of nitrogens with two attached hydrogens (primary N) is 1. The van der Waals surface area contributed by atoms with Crippen molar-refractivity contribution in [2.24, 2.45) is 5.73 Å². The van der Waals surface area contributed by atoms with Gasteiger partial charge in [-0.25, -0.2) is 4.39 Å². The van der Waals surface area contributed by atoms with Crippen LogP contribution in [-0.4, -0.2) is 13.2 Å². The minimum absolute atomic E-state index is 0.311. The molecule has 1 aliphatic heterocycles. The molecule has 3 aromatic rings. The molecule has 3 aromatic carbocycles. The number of ether oxygens (including phenoxy) is 2. The number of aryl methyl sites for hydroxylation is 1. The molecule has 1 unspecified atom stereocenters. The van der Waals surface area contributed by atoms with E-state index in [4.69, 9.17) is 15.2 Å². The first-order chi connectivity index (χ1) is 13.4. The zero-order chi connectivity index (χ0) is 20.0. The molecule has 2 N–H and O–H groups in total. The van der Waals surface area contributed by atoms with Crippen molar-refractivity contribution < 1.29 is 13.9 Å². The third-order valence-electron chi connectivity index (χ3n) is 5.30. The van der Waals surface area contributed by atoms with E-state index in [0.717, 1.165) is 27.2 Å². The van der Waals surface area contributed by atoms with Gasteiger partial charge in [0.2, 0.25) is 0 Å². The van der Waals surface area contributed by atoms with Crippen LogP contribution in [0.5, 0.6) is 11.5 Å². The Labute approximate surface area is 165 Å². The Hall–Kier alpha value is -2.67. The average molecular weight is 394 g/mol. The molecule has 6 heteroatoms. The second-order valence-corrected chi connectivity index (χ2v) is 7.69. The van der Waals surface area contributed by atoms with Gasteiger partial charge in [-0.1, -0.05) is 6.07 Å². The average Bonchev–Trinajstić information content (AvgIpc) is 2.69.